The Kier molecular flexibility index (Phi) is 4.51. The highest BCUT2D eigenvalue weighted by Crippen LogP contribution is 2.60. The summed E-state index contributed by atoms with van der Waals surface area (Å²) in [6.07, 6.45) is 8.91. The van der Waals surface area contributed by atoms with Crippen molar-refractivity contribution in [1.29, 1.82) is 0 Å². The monoisotopic (exact) mass is 339 g/mol. The lowest BCUT2D eigenvalue weighted by atomic mass is 10.0. The zero-order chi connectivity index (χ0) is 14.1. The van der Waals surface area contributed by atoms with Gasteiger partial charge >= 0.3 is 0 Å². The summed E-state index contributed by atoms with van der Waals surface area (Å²) < 4.78 is 3.35. The van der Waals surface area contributed by atoms with E-state index >= 15 is 0 Å². The van der Waals surface area contributed by atoms with Gasteiger partial charge in [-0.05, 0) is 66.4 Å². The van der Waals surface area contributed by atoms with Gasteiger partial charge in [-0.2, -0.15) is 5.10 Å². The van der Waals surface area contributed by atoms with Crippen molar-refractivity contribution in [1.82, 2.24) is 15.1 Å². The zero-order valence-corrected chi connectivity index (χ0v) is 14.2. The third-order valence-electron chi connectivity index (χ3n) is 5.15. The van der Waals surface area contributed by atoms with E-state index in [1.165, 1.54) is 42.3 Å². The van der Waals surface area contributed by atoms with Gasteiger partial charge in [-0.1, -0.05) is 19.8 Å². The summed E-state index contributed by atoms with van der Waals surface area (Å²) in [5.74, 6) is 2.76. The van der Waals surface area contributed by atoms with Crippen LogP contribution in [0.3, 0.4) is 0 Å². The largest absolute Gasteiger partial charge is 0.308 e. The highest BCUT2D eigenvalue weighted by atomic mass is 79.9. The Hall–Kier alpha value is -0.350. The molecule has 0 aliphatic heterocycles. The summed E-state index contributed by atoms with van der Waals surface area (Å²) in [4.78, 5) is 0. The van der Waals surface area contributed by atoms with Gasteiger partial charge in [0, 0.05) is 6.54 Å². The van der Waals surface area contributed by atoms with Crippen molar-refractivity contribution < 1.29 is 0 Å². The van der Waals surface area contributed by atoms with Crippen molar-refractivity contribution >= 4 is 15.9 Å². The topological polar surface area (TPSA) is 29.9 Å². The van der Waals surface area contributed by atoms with Crippen molar-refractivity contribution in [2.45, 2.75) is 58.5 Å². The highest BCUT2D eigenvalue weighted by molar-refractivity contribution is 9.10. The fourth-order valence-corrected chi connectivity index (χ4v) is 4.73. The van der Waals surface area contributed by atoms with Crippen LogP contribution in [0.4, 0.5) is 0 Å². The second kappa shape index (κ2) is 6.18. The molecule has 20 heavy (non-hydrogen) atoms. The van der Waals surface area contributed by atoms with E-state index in [2.05, 4.69) is 44.9 Å². The third-order valence-corrected chi connectivity index (χ3v) is 5.76. The lowest BCUT2D eigenvalue weighted by Crippen LogP contribution is -2.27. The Morgan fingerprint density at radius 2 is 2.05 bits per heavy atom. The van der Waals surface area contributed by atoms with E-state index < -0.39 is 0 Å². The molecule has 0 radical (unpaired) electrons. The molecule has 2 aliphatic rings. The van der Waals surface area contributed by atoms with Crippen molar-refractivity contribution in [3.63, 3.8) is 0 Å². The van der Waals surface area contributed by atoms with Gasteiger partial charge in [0.15, 0.2) is 0 Å². The van der Waals surface area contributed by atoms with Gasteiger partial charge in [-0.15, -0.1) is 0 Å². The average molecular weight is 340 g/mol. The first-order valence-corrected chi connectivity index (χ1v) is 9.01. The first kappa shape index (κ1) is 14.6. The van der Waals surface area contributed by atoms with Crippen LogP contribution < -0.4 is 5.32 Å². The molecule has 0 aromatic carbocycles. The van der Waals surface area contributed by atoms with E-state index in [0.29, 0.717) is 6.04 Å². The number of nitrogens with zero attached hydrogens (tertiary/aromatic N) is 2. The number of hydrogen-bond donors (Lipinski definition) is 1. The molecule has 2 aliphatic carbocycles. The quantitative estimate of drug-likeness (QED) is 0.843. The Labute approximate surface area is 130 Å². The molecule has 4 heteroatoms. The first-order chi connectivity index (χ1) is 9.77. The van der Waals surface area contributed by atoms with E-state index in [1.807, 2.05) is 6.20 Å². The maximum atomic E-state index is 4.52. The number of fused-ring (bicyclic) bond motifs is 1. The first-order valence-electron chi connectivity index (χ1n) is 8.22. The van der Waals surface area contributed by atoms with Gasteiger partial charge in [0.25, 0.3) is 0 Å². The molecule has 1 aromatic heterocycles. The lowest BCUT2D eigenvalue weighted by molar-refractivity contribution is 0.411. The number of nitrogens with one attached hydrogen (secondary N) is 1. The maximum absolute atomic E-state index is 4.52. The third kappa shape index (κ3) is 2.57. The van der Waals surface area contributed by atoms with Crippen LogP contribution in [0.5, 0.6) is 0 Å². The Morgan fingerprint density at radius 1 is 1.35 bits per heavy atom. The summed E-state index contributed by atoms with van der Waals surface area (Å²) in [5.41, 5.74) is 1.38. The molecular formula is C16H26BrN3. The second-order valence-electron chi connectivity index (χ2n) is 6.31. The Balaban J connectivity index is 1.84. The standard InChI is InChI=1S/C16H26BrN3/c1-3-9-18-15(14-11-7-5-6-8-12(11)14)16-13(17)10-19-20(16)4-2/h10-12,14-15,18H,3-9H2,1-2H3. The van der Waals surface area contributed by atoms with Crippen molar-refractivity contribution in [3.8, 4) is 0 Å². The predicted molar refractivity (Wildman–Crippen MR) is 85.6 cm³/mol. The van der Waals surface area contributed by atoms with Gasteiger partial charge in [0.1, 0.15) is 0 Å². The van der Waals surface area contributed by atoms with Crippen molar-refractivity contribution in [3.05, 3.63) is 16.4 Å². The van der Waals surface area contributed by atoms with Gasteiger partial charge in [-0.3, -0.25) is 4.68 Å². The number of hydrogen-bond acceptors (Lipinski definition) is 2. The molecule has 0 bridgehead atoms. The number of rotatable bonds is 6. The molecule has 0 amide bonds. The van der Waals surface area contributed by atoms with Crippen LogP contribution >= 0.6 is 15.9 Å². The van der Waals surface area contributed by atoms with Crippen LogP contribution in [0.1, 0.15) is 57.7 Å². The van der Waals surface area contributed by atoms with Crippen LogP contribution in [0.15, 0.2) is 10.7 Å². The number of halogens is 1. The molecule has 2 fully saturated rings. The molecule has 3 nitrogen and oxygen atoms in total. The Morgan fingerprint density at radius 3 is 2.65 bits per heavy atom. The predicted octanol–water partition coefficient (Wildman–Crippen LogP) is 4.14. The minimum Gasteiger partial charge on any atom is -0.308 e. The molecule has 1 heterocycles. The van der Waals surface area contributed by atoms with Gasteiger partial charge < -0.3 is 5.32 Å². The van der Waals surface area contributed by atoms with E-state index in [0.717, 1.165) is 30.8 Å². The summed E-state index contributed by atoms with van der Waals surface area (Å²) >= 11 is 3.72. The molecule has 3 unspecified atom stereocenters. The number of aryl methyl sites for hydroxylation is 1. The Bertz CT molecular complexity index is 445. The fraction of sp³-hybridized carbons (Fsp3) is 0.812. The summed E-state index contributed by atoms with van der Waals surface area (Å²) in [6.45, 7) is 6.48. The zero-order valence-electron chi connectivity index (χ0n) is 12.6. The maximum Gasteiger partial charge on any atom is 0.0698 e. The summed E-state index contributed by atoms with van der Waals surface area (Å²) in [5, 5.41) is 8.34. The average Bonchev–Trinajstić information content (AvgIpc) is 3.08. The normalized spacial score (nSPS) is 30.1. The van der Waals surface area contributed by atoms with E-state index in [9.17, 15) is 0 Å². The summed E-state index contributed by atoms with van der Waals surface area (Å²) in [6, 6.07) is 0.486. The fourth-order valence-electron chi connectivity index (χ4n) is 4.19. The molecule has 3 rings (SSSR count). The van der Waals surface area contributed by atoms with Crippen molar-refractivity contribution in [2.24, 2.45) is 17.8 Å². The molecule has 1 aromatic rings. The SMILES string of the molecule is CCCNC(c1c(Br)cnn1CC)C1C2CCCCC21. The molecule has 0 spiro atoms. The van der Waals surface area contributed by atoms with Crippen LogP contribution in [-0.4, -0.2) is 16.3 Å². The van der Waals surface area contributed by atoms with E-state index in [-0.39, 0.29) is 0 Å². The molecule has 2 saturated carbocycles. The van der Waals surface area contributed by atoms with Crippen LogP contribution in [-0.2, 0) is 6.54 Å². The van der Waals surface area contributed by atoms with Crippen LogP contribution in [0.2, 0.25) is 0 Å². The minimum absolute atomic E-state index is 0.486. The van der Waals surface area contributed by atoms with Gasteiger partial charge in [0.2, 0.25) is 0 Å². The van der Waals surface area contributed by atoms with Gasteiger partial charge in [0.05, 0.1) is 22.4 Å². The number of aromatic nitrogens is 2. The van der Waals surface area contributed by atoms with Crippen LogP contribution in [0.25, 0.3) is 0 Å². The van der Waals surface area contributed by atoms with Gasteiger partial charge in [-0.25, -0.2) is 0 Å². The van der Waals surface area contributed by atoms with Crippen LogP contribution in [0, 0.1) is 17.8 Å². The summed E-state index contributed by atoms with van der Waals surface area (Å²) in [7, 11) is 0. The molecular weight excluding hydrogens is 314 g/mol. The molecule has 112 valence electrons. The highest BCUT2D eigenvalue weighted by Gasteiger charge is 2.55. The molecule has 3 atom stereocenters. The molecule has 0 saturated heterocycles. The van der Waals surface area contributed by atoms with Crippen molar-refractivity contribution in [2.75, 3.05) is 6.54 Å². The minimum atomic E-state index is 0.486. The van der Waals surface area contributed by atoms with E-state index in [4.69, 9.17) is 0 Å². The van der Waals surface area contributed by atoms with E-state index in [1.54, 1.807) is 0 Å². The smallest absolute Gasteiger partial charge is 0.0698 e. The lowest BCUT2D eigenvalue weighted by Gasteiger charge is -2.21. The molecule has 1 N–H and O–H groups in total. The second-order valence-corrected chi connectivity index (χ2v) is 7.17.